The molecule has 0 radical (unpaired) electrons. The lowest BCUT2D eigenvalue weighted by atomic mass is 10.4. The minimum atomic E-state index is -2.23. The fourth-order valence-electron chi connectivity index (χ4n) is 0.849. The third kappa shape index (κ3) is 5.04. The van der Waals surface area contributed by atoms with Crippen LogP contribution in [0.15, 0.2) is 0 Å². The van der Waals surface area contributed by atoms with Crippen molar-refractivity contribution in [1.29, 1.82) is 0 Å². The summed E-state index contributed by atoms with van der Waals surface area (Å²) < 4.78 is 5.37. The SMILES string of the molecule is CCCCO[P+](O)(CC)CCO. The van der Waals surface area contributed by atoms with Crippen LogP contribution in [0.25, 0.3) is 0 Å². The minimum Gasteiger partial charge on any atom is -0.392 e. The molecule has 0 aliphatic heterocycles. The molecule has 0 heterocycles. The molecule has 0 rings (SSSR count). The molecule has 0 aromatic rings. The van der Waals surface area contributed by atoms with Gasteiger partial charge in [-0.05, 0) is 13.3 Å². The van der Waals surface area contributed by atoms with Crippen molar-refractivity contribution in [3.8, 4) is 0 Å². The van der Waals surface area contributed by atoms with E-state index in [4.69, 9.17) is 9.63 Å². The lowest BCUT2D eigenvalue weighted by molar-refractivity contribution is 0.266. The quantitative estimate of drug-likeness (QED) is 0.479. The van der Waals surface area contributed by atoms with Crippen LogP contribution in [-0.2, 0) is 4.52 Å². The molecule has 0 aromatic heterocycles. The largest absolute Gasteiger partial charge is 0.392 e. The van der Waals surface area contributed by atoms with Crippen molar-refractivity contribution in [2.75, 3.05) is 25.5 Å². The number of rotatable bonds is 7. The van der Waals surface area contributed by atoms with E-state index in [1.807, 2.05) is 6.92 Å². The minimum absolute atomic E-state index is 0.0181. The van der Waals surface area contributed by atoms with E-state index in [-0.39, 0.29) is 6.61 Å². The normalized spacial score (nSPS) is 16.0. The van der Waals surface area contributed by atoms with Gasteiger partial charge in [-0.15, -0.1) is 0 Å². The van der Waals surface area contributed by atoms with Crippen LogP contribution in [0.3, 0.4) is 0 Å². The molecular formula is C8H20O3P+. The van der Waals surface area contributed by atoms with Gasteiger partial charge in [0.25, 0.3) is 7.72 Å². The molecule has 0 spiro atoms. The lowest BCUT2D eigenvalue weighted by Gasteiger charge is -2.15. The predicted molar refractivity (Wildman–Crippen MR) is 52.5 cm³/mol. The topological polar surface area (TPSA) is 49.7 Å². The standard InChI is InChI=1S/C8H20O3P/c1-3-5-7-11-12(10,4-2)8-6-9/h9-10H,3-8H2,1-2H3/q+1. The summed E-state index contributed by atoms with van der Waals surface area (Å²) in [4.78, 5) is 9.78. The van der Waals surface area contributed by atoms with Gasteiger partial charge in [0.15, 0.2) is 0 Å². The summed E-state index contributed by atoms with van der Waals surface area (Å²) in [6, 6.07) is 0. The maximum Gasteiger partial charge on any atom is 0.273 e. The van der Waals surface area contributed by atoms with Gasteiger partial charge in [-0.25, -0.2) is 9.42 Å². The van der Waals surface area contributed by atoms with Gasteiger partial charge in [-0.3, -0.25) is 0 Å². The Bertz CT molecular complexity index is 110. The zero-order valence-electron chi connectivity index (χ0n) is 7.99. The Kier molecular flexibility index (Phi) is 6.96. The van der Waals surface area contributed by atoms with E-state index in [1.54, 1.807) is 0 Å². The Hall–Kier alpha value is 0.310. The molecule has 0 saturated carbocycles. The zero-order chi connectivity index (χ0) is 9.45. The van der Waals surface area contributed by atoms with E-state index in [0.717, 1.165) is 12.8 Å². The fourth-order valence-corrected chi connectivity index (χ4v) is 2.26. The van der Waals surface area contributed by atoms with E-state index in [0.29, 0.717) is 18.9 Å². The second-order valence-corrected chi connectivity index (χ2v) is 5.83. The highest BCUT2D eigenvalue weighted by molar-refractivity contribution is 7.65. The van der Waals surface area contributed by atoms with Crippen LogP contribution in [-0.4, -0.2) is 35.5 Å². The molecule has 1 unspecified atom stereocenters. The summed E-state index contributed by atoms with van der Waals surface area (Å²) in [5.41, 5.74) is 0. The van der Waals surface area contributed by atoms with Crippen LogP contribution in [0, 0.1) is 0 Å². The summed E-state index contributed by atoms with van der Waals surface area (Å²) in [6.45, 7) is 4.62. The molecule has 74 valence electrons. The number of aliphatic hydroxyl groups excluding tert-OH is 1. The highest BCUT2D eigenvalue weighted by atomic mass is 31.2. The van der Waals surface area contributed by atoms with E-state index in [9.17, 15) is 4.89 Å². The van der Waals surface area contributed by atoms with E-state index in [2.05, 4.69) is 6.92 Å². The van der Waals surface area contributed by atoms with Crippen molar-refractivity contribution >= 4 is 7.72 Å². The van der Waals surface area contributed by atoms with E-state index >= 15 is 0 Å². The van der Waals surface area contributed by atoms with E-state index in [1.165, 1.54) is 0 Å². The van der Waals surface area contributed by atoms with Gasteiger partial charge >= 0.3 is 0 Å². The maximum atomic E-state index is 9.78. The van der Waals surface area contributed by atoms with Crippen LogP contribution in [0.4, 0.5) is 0 Å². The van der Waals surface area contributed by atoms with Gasteiger partial charge in [0.05, 0.1) is 13.2 Å². The van der Waals surface area contributed by atoms with Gasteiger partial charge in [0, 0.05) is 0 Å². The first kappa shape index (κ1) is 12.3. The second kappa shape index (κ2) is 6.79. The first-order valence-corrected chi connectivity index (χ1v) is 6.56. The molecular weight excluding hydrogens is 175 g/mol. The number of hydrogen-bond acceptors (Lipinski definition) is 3. The molecule has 0 aromatic carbocycles. The van der Waals surface area contributed by atoms with Crippen molar-refractivity contribution in [3.05, 3.63) is 0 Å². The van der Waals surface area contributed by atoms with Crippen LogP contribution >= 0.6 is 7.72 Å². The second-order valence-electron chi connectivity index (χ2n) is 2.80. The molecule has 0 saturated heterocycles. The first-order valence-electron chi connectivity index (χ1n) is 4.53. The summed E-state index contributed by atoms with van der Waals surface area (Å²) in [5.74, 6) is 0. The molecule has 1 atom stereocenters. The monoisotopic (exact) mass is 195 g/mol. The highest BCUT2D eigenvalue weighted by Gasteiger charge is 2.34. The van der Waals surface area contributed by atoms with Crippen molar-refractivity contribution in [1.82, 2.24) is 0 Å². The summed E-state index contributed by atoms with van der Waals surface area (Å²) >= 11 is 0. The Morgan fingerprint density at radius 2 is 2.00 bits per heavy atom. The molecule has 0 aliphatic carbocycles. The van der Waals surface area contributed by atoms with Crippen LogP contribution in [0.2, 0.25) is 0 Å². The van der Waals surface area contributed by atoms with Gasteiger partial charge < -0.3 is 5.11 Å². The van der Waals surface area contributed by atoms with Crippen molar-refractivity contribution < 1.29 is 14.5 Å². The van der Waals surface area contributed by atoms with Gasteiger partial charge in [-0.2, -0.15) is 0 Å². The predicted octanol–water partition coefficient (Wildman–Crippen LogP) is 1.66. The average molecular weight is 195 g/mol. The van der Waals surface area contributed by atoms with Crippen LogP contribution in [0.5, 0.6) is 0 Å². The fraction of sp³-hybridized carbons (Fsp3) is 1.00. The van der Waals surface area contributed by atoms with Crippen LogP contribution in [0.1, 0.15) is 26.7 Å². The first-order chi connectivity index (χ1) is 5.68. The van der Waals surface area contributed by atoms with Crippen molar-refractivity contribution in [3.63, 3.8) is 0 Å². The summed E-state index contributed by atoms with van der Waals surface area (Å²) in [6.07, 6.45) is 3.10. The van der Waals surface area contributed by atoms with Gasteiger partial charge in [0.1, 0.15) is 12.3 Å². The van der Waals surface area contributed by atoms with Crippen molar-refractivity contribution in [2.45, 2.75) is 26.7 Å². The third-order valence-electron chi connectivity index (χ3n) is 1.77. The summed E-state index contributed by atoms with van der Waals surface area (Å²) in [5, 5.41) is 8.68. The average Bonchev–Trinajstić information content (AvgIpc) is 2.06. The number of aliphatic hydroxyl groups is 1. The zero-order valence-corrected chi connectivity index (χ0v) is 8.89. The Morgan fingerprint density at radius 1 is 1.33 bits per heavy atom. The Morgan fingerprint density at radius 3 is 2.42 bits per heavy atom. The molecule has 12 heavy (non-hydrogen) atoms. The van der Waals surface area contributed by atoms with E-state index < -0.39 is 7.72 Å². The molecule has 2 N–H and O–H groups in total. The lowest BCUT2D eigenvalue weighted by Crippen LogP contribution is -2.08. The molecule has 3 nitrogen and oxygen atoms in total. The molecule has 0 amide bonds. The Labute approximate surface area is 75.3 Å². The van der Waals surface area contributed by atoms with Gasteiger partial charge in [0.2, 0.25) is 0 Å². The van der Waals surface area contributed by atoms with Crippen molar-refractivity contribution in [2.24, 2.45) is 0 Å². The molecule has 0 aliphatic rings. The maximum absolute atomic E-state index is 9.78. The molecule has 4 heteroatoms. The third-order valence-corrected chi connectivity index (χ3v) is 4.32. The van der Waals surface area contributed by atoms with Crippen LogP contribution < -0.4 is 0 Å². The van der Waals surface area contributed by atoms with Gasteiger partial charge in [-0.1, -0.05) is 13.3 Å². The molecule has 0 bridgehead atoms. The smallest absolute Gasteiger partial charge is 0.273 e. The number of hydrogen-bond donors (Lipinski definition) is 2. The summed E-state index contributed by atoms with van der Waals surface area (Å²) in [7, 11) is -2.23. The Balaban J connectivity index is 3.63. The highest BCUT2D eigenvalue weighted by Crippen LogP contribution is 2.54. The molecule has 0 fully saturated rings. The number of unbranched alkanes of at least 4 members (excludes halogenated alkanes) is 1.